The van der Waals surface area contributed by atoms with Crippen LogP contribution in [-0.2, 0) is 6.54 Å². The number of aryl methyl sites for hydroxylation is 2. The second-order valence-electron chi connectivity index (χ2n) is 7.07. The fourth-order valence-electron chi connectivity index (χ4n) is 3.85. The van der Waals surface area contributed by atoms with Crippen LogP contribution in [0.5, 0.6) is 0 Å². The van der Waals surface area contributed by atoms with Gasteiger partial charge in [0.05, 0.1) is 6.10 Å². The highest BCUT2D eigenvalue weighted by Gasteiger charge is 2.16. The topological polar surface area (TPSA) is 42.2 Å². The first kappa shape index (κ1) is 17.5. The third-order valence-electron chi connectivity index (χ3n) is 5.34. The number of fused-ring (bicyclic) bond motifs is 3. The van der Waals surface area contributed by atoms with E-state index in [0.717, 1.165) is 45.0 Å². The molecule has 0 radical (unpaired) electrons. The van der Waals surface area contributed by atoms with Gasteiger partial charge in [-0.2, -0.15) is 0 Å². The predicted octanol–water partition coefficient (Wildman–Crippen LogP) is 5.41. The number of benzene rings is 3. The Kier molecular flexibility index (Phi) is 4.33. The van der Waals surface area contributed by atoms with E-state index in [4.69, 9.17) is 0 Å². The summed E-state index contributed by atoms with van der Waals surface area (Å²) in [5, 5.41) is 12.1. The zero-order chi connectivity index (χ0) is 19.1. The smallest absolute Gasteiger partial charge is 0.193 e. The molecule has 1 heterocycles. The lowest BCUT2D eigenvalue weighted by Gasteiger charge is -2.06. The summed E-state index contributed by atoms with van der Waals surface area (Å²) in [6, 6.07) is 19.7. The third-order valence-corrected chi connectivity index (χ3v) is 5.34. The van der Waals surface area contributed by atoms with Gasteiger partial charge in [-0.1, -0.05) is 30.3 Å². The monoisotopic (exact) mass is 357 g/mol. The Bertz CT molecular complexity index is 1170. The summed E-state index contributed by atoms with van der Waals surface area (Å²) in [4.78, 5) is 13.1. The molecule has 0 aliphatic rings. The van der Waals surface area contributed by atoms with Crippen molar-refractivity contribution in [2.24, 2.45) is 0 Å². The highest BCUT2D eigenvalue weighted by Crippen LogP contribution is 2.32. The number of carbonyl (C=O) groups is 1. The average Bonchev–Trinajstić information content (AvgIpc) is 3.00. The van der Waals surface area contributed by atoms with Gasteiger partial charge in [-0.05, 0) is 62.2 Å². The molecule has 136 valence electrons. The van der Waals surface area contributed by atoms with Crippen LogP contribution in [0.1, 0.15) is 47.0 Å². The van der Waals surface area contributed by atoms with Gasteiger partial charge >= 0.3 is 0 Å². The second kappa shape index (κ2) is 6.67. The third kappa shape index (κ3) is 2.84. The molecule has 27 heavy (non-hydrogen) atoms. The lowest BCUT2D eigenvalue weighted by Crippen LogP contribution is -2.03. The number of hydrogen-bond acceptors (Lipinski definition) is 2. The van der Waals surface area contributed by atoms with Gasteiger partial charge < -0.3 is 9.67 Å². The molecular formula is C24H23NO2. The Morgan fingerprint density at radius 1 is 1.00 bits per heavy atom. The fraction of sp³-hybridized carbons (Fsp3) is 0.208. The molecule has 4 aromatic rings. The highest BCUT2D eigenvalue weighted by molar-refractivity contribution is 6.15. The van der Waals surface area contributed by atoms with Crippen molar-refractivity contribution in [2.45, 2.75) is 33.4 Å². The Labute approximate surface area is 158 Å². The van der Waals surface area contributed by atoms with E-state index in [1.54, 1.807) is 6.92 Å². The van der Waals surface area contributed by atoms with Gasteiger partial charge in [-0.3, -0.25) is 4.79 Å². The minimum absolute atomic E-state index is 0.0408. The van der Waals surface area contributed by atoms with Crippen molar-refractivity contribution in [1.29, 1.82) is 0 Å². The van der Waals surface area contributed by atoms with E-state index in [1.165, 1.54) is 0 Å². The number of aliphatic hydroxyl groups excluding tert-OH is 1. The summed E-state index contributed by atoms with van der Waals surface area (Å²) in [7, 11) is 0. The van der Waals surface area contributed by atoms with Crippen LogP contribution in [-0.4, -0.2) is 15.5 Å². The quantitative estimate of drug-likeness (QED) is 0.496. The van der Waals surface area contributed by atoms with Gasteiger partial charge in [-0.15, -0.1) is 0 Å². The highest BCUT2D eigenvalue weighted by atomic mass is 16.3. The van der Waals surface area contributed by atoms with Crippen molar-refractivity contribution in [2.75, 3.05) is 0 Å². The minimum Gasteiger partial charge on any atom is -0.389 e. The average molecular weight is 357 g/mol. The van der Waals surface area contributed by atoms with Gasteiger partial charge in [-0.25, -0.2) is 0 Å². The molecule has 1 unspecified atom stereocenters. The number of aliphatic hydroxyl groups is 1. The molecule has 3 heteroatoms. The number of nitrogens with zero attached hydrogens (tertiary/aromatic N) is 1. The lowest BCUT2D eigenvalue weighted by atomic mass is 9.97. The molecule has 0 spiro atoms. The number of rotatable bonds is 4. The molecule has 1 aromatic heterocycles. The van der Waals surface area contributed by atoms with Crippen LogP contribution < -0.4 is 0 Å². The second-order valence-corrected chi connectivity index (χ2v) is 7.07. The molecule has 1 N–H and O–H groups in total. The van der Waals surface area contributed by atoms with E-state index in [-0.39, 0.29) is 5.78 Å². The zero-order valence-corrected chi connectivity index (χ0v) is 15.9. The van der Waals surface area contributed by atoms with Gasteiger partial charge in [0, 0.05) is 39.5 Å². The van der Waals surface area contributed by atoms with E-state index in [0.29, 0.717) is 5.56 Å². The van der Waals surface area contributed by atoms with Crippen molar-refractivity contribution < 1.29 is 9.90 Å². The Morgan fingerprint density at radius 2 is 1.67 bits per heavy atom. The van der Waals surface area contributed by atoms with E-state index >= 15 is 0 Å². The first-order chi connectivity index (χ1) is 13.0. The summed E-state index contributed by atoms with van der Waals surface area (Å²) in [6.07, 6.45) is -0.522. The number of carbonyl (C=O) groups excluding carboxylic acids is 1. The largest absolute Gasteiger partial charge is 0.389 e. The maximum absolute atomic E-state index is 13.1. The first-order valence-corrected chi connectivity index (χ1v) is 9.35. The molecular weight excluding hydrogens is 334 g/mol. The number of aromatic nitrogens is 1. The normalized spacial score (nSPS) is 12.6. The molecule has 0 aliphatic carbocycles. The molecule has 3 nitrogen and oxygen atoms in total. The summed E-state index contributed by atoms with van der Waals surface area (Å²) in [5.74, 6) is 0.0408. The van der Waals surface area contributed by atoms with Crippen molar-refractivity contribution in [1.82, 2.24) is 4.57 Å². The van der Waals surface area contributed by atoms with Crippen molar-refractivity contribution in [3.8, 4) is 0 Å². The number of hydrogen-bond donors (Lipinski definition) is 1. The summed E-state index contributed by atoms with van der Waals surface area (Å²) < 4.78 is 2.25. The van der Waals surface area contributed by atoms with E-state index in [9.17, 15) is 9.90 Å². The Hall–Kier alpha value is -2.91. The predicted molar refractivity (Wildman–Crippen MR) is 110 cm³/mol. The van der Waals surface area contributed by atoms with Gasteiger partial charge in [0.1, 0.15) is 0 Å². The first-order valence-electron chi connectivity index (χ1n) is 9.35. The summed E-state index contributed by atoms with van der Waals surface area (Å²) in [5.41, 5.74) is 5.52. The van der Waals surface area contributed by atoms with Crippen molar-refractivity contribution in [3.63, 3.8) is 0 Å². The van der Waals surface area contributed by atoms with E-state index in [1.807, 2.05) is 61.5 Å². The van der Waals surface area contributed by atoms with Crippen molar-refractivity contribution in [3.05, 3.63) is 82.9 Å². The molecule has 0 bridgehead atoms. The lowest BCUT2D eigenvalue weighted by molar-refractivity contribution is 0.103. The molecule has 0 fully saturated rings. The Balaban J connectivity index is 1.95. The summed E-state index contributed by atoms with van der Waals surface area (Å²) >= 11 is 0. The van der Waals surface area contributed by atoms with Gasteiger partial charge in [0.25, 0.3) is 0 Å². The Morgan fingerprint density at radius 3 is 2.33 bits per heavy atom. The van der Waals surface area contributed by atoms with Crippen LogP contribution in [0.2, 0.25) is 0 Å². The molecule has 0 saturated carbocycles. The van der Waals surface area contributed by atoms with Crippen LogP contribution in [0.15, 0.2) is 60.7 Å². The maximum atomic E-state index is 13.1. The zero-order valence-electron chi connectivity index (χ0n) is 15.9. The number of ketones is 1. The standard InChI is InChI=1S/C24H23NO2/c1-4-25-22-11-9-17(16(3)26)13-20(22)21-14-18(10-12-23(21)25)24(27)19-8-6-5-7-15(19)2/h5-14,16,26H,4H2,1-3H3. The van der Waals surface area contributed by atoms with Crippen LogP contribution in [0, 0.1) is 6.92 Å². The molecule has 4 rings (SSSR count). The molecule has 0 amide bonds. The maximum Gasteiger partial charge on any atom is 0.193 e. The van der Waals surface area contributed by atoms with Crippen LogP contribution in [0.4, 0.5) is 0 Å². The van der Waals surface area contributed by atoms with Crippen LogP contribution >= 0.6 is 0 Å². The van der Waals surface area contributed by atoms with Crippen LogP contribution in [0.25, 0.3) is 21.8 Å². The summed E-state index contributed by atoms with van der Waals surface area (Å²) in [6.45, 7) is 6.70. The molecule has 3 aromatic carbocycles. The van der Waals surface area contributed by atoms with E-state index in [2.05, 4.69) is 17.6 Å². The molecule has 0 aliphatic heterocycles. The van der Waals surface area contributed by atoms with E-state index < -0.39 is 6.10 Å². The SMILES string of the molecule is CCn1c2ccc(C(=O)c3ccccc3C)cc2c2cc(C(C)O)ccc21. The van der Waals surface area contributed by atoms with Crippen molar-refractivity contribution >= 4 is 27.6 Å². The van der Waals surface area contributed by atoms with Crippen LogP contribution in [0.3, 0.4) is 0 Å². The molecule has 0 saturated heterocycles. The fourth-order valence-corrected chi connectivity index (χ4v) is 3.85. The van der Waals surface area contributed by atoms with Gasteiger partial charge in [0.15, 0.2) is 5.78 Å². The minimum atomic E-state index is -0.522. The van der Waals surface area contributed by atoms with Gasteiger partial charge in [0.2, 0.25) is 0 Å². The molecule has 1 atom stereocenters.